The van der Waals surface area contributed by atoms with E-state index < -0.39 is 61.7 Å². The number of nitrogens with zero attached hydrogens (tertiary/aromatic N) is 3. The summed E-state index contributed by atoms with van der Waals surface area (Å²) in [6, 6.07) is 19.2. The molecule has 0 N–H and O–H groups in total. The molecule has 20 heteroatoms. The number of carbonyl (C=O) groups excluding carboxylic acids is 1. The van der Waals surface area contributed by atoms with Gasteiger partial charge in [-0.15, -0.1) is 22.7 Å². The van der Waals surface area contributed by atoms with Crippen LogP contribution >= 0.6 is 22.7 Å². The molecule has 0 fully saturated rings. The molecule has 0 saturated heterocycles. The van der Waals surface area contributed by atoms with Gasteiger partial charge in [0.2, 0.25) is 20.0 Å². The van der Waals surface area contributed by atoms with E-state index in [-0.39, 0.29) is 39.7 Å². The SMILES string of the molecule is CCS(=O)(=O)N(Cc1ccc(F)c(C(F)(F)F)c1)c1sc2ccccc2c1C=O.CCS(=O)(=O)N(Cc1ccc(F)c(C(F)(F)F)c1)c1sc2ccccc2c1CN(C)C. The quantitative estimate of drug-likeness (QED) is 0.0846. The number of aldehydes is 1. The number of carbonyl (C=O) groups is 1. The molecular weight excluding hydrogens is 883 g/mol. The summed E-state index contributed by atoms with van der Waals surface area (Å²) < 4.78 is 161. The fraction of sp³-hybridized carbons (Fsp3) is 0.275. The van der Waals surface area contributed by atoms with Gasteiger partial charge in [-0.1, -0.05) is 48.5 Å². The fourth-order valence-electron chi connectivity index (χ4n) is 6.12. The zero-order valence-corrected chi connectivity index (χ0v) is 35.5. The van der Waals surface area contributed by atoms with Crippen molar-refractivity contribution < 1.29 is 56.8 Å². The average molecular weight is 920 g/mol. The lowest BCUT2D eigenvalue weighted by molar-refractivity contribution is -0.140. The van der Waals surface area contributed by atoms with Crippen LogP contribution in [-0.2, 0) is 52.0 Å². The Kier molecular flexibility index (Phi) is 14.0. The van der Waals surface area contributed by atoms with Gasteiger partial charge in [-0.25, -0.2) is 25.6 Å². The summed E-state index contributed by atoms with van der Waals surface area (Å²) >= 11 is 2.32. The van der Waals surface area contributed by atoms with E-state index in [1.54, 1.807) is 24.3 Å². The Morgan fingerprint density at radius 3 is 1.45 bits per heavy atom. The first-order chi connectivity index (χ1) is 28.0. The number of thiophene rings is 2. The molecule has 0 spiro atoms. The normalized spacial score (nSPS) is 12.5. The molecule has 322 valence electrons. The smallest absolute Gasteiger partial charge is 0.305 e. The van der Waals surface area contributed by atoms with E-state index in [0.717, 1.165) is 47.7 Å². The number of hydrogen-bond donors (Lipinski definition) is 0. The van der Waals surface area contributed by atoms with Gasteiger partial charge in [-0.05, 0) is 80.9 Å². The maximum atomic E-state index is 13.7. The van der Waals surface area contributed by atoms with Crippen LogP contribution in [0.5, 0.6) is 0 Å². The monoisotopic (exact) mass is 919 g/mol. The van der Waals surface area contributed by atoms with E-state index in [1.165, 1.54) is 31.3 Å². The molecule has 0 atom stereocenters. The second-order valence-corrected chi connectivity index (χ2v) is 19.9. The Morgan fingerprint density at radius 1 is 0.600 bits per heavy atom. The molecule has 2 heterocycles. The van der Waals surface area contributed by atoms with Crippen LogP contribution in [0.1, 0.15) is 52.0 Å². The third-order valence-corrected chi connectivity index (χ3v) is 15.2. The van der Waals surface area contributed by atoms with Crippen LogP contribution in [0.15, 0.2) is 84.9 Å². The summed E-state index contributed by atoms with van der Waals surface area (Å²) in [5.74, 6) is -3.39. The van der Waals surface area contributed by atoms with E-state index in [2.05, 4.69) is 0 Å². The first kappa shape index (κ1) is 46.4. The minimum Gasteiger partial charge on any atom is -0.305 e. The summed E-state index contributed by atoms with van der Waals surface area (Å²) in [7, 11) is -4.06. The first-order valence-corrected chi connectivity index (χ1v) is 22.7. The molecule has 4 aromatic carbocycles. The van der Waals surface area contributed by atoms with Crippen LogP contribution < -0.4 is 8.61 Å². The number of benzene rings is 4. The number of hydrogen-bond acceptors (Lipinski definition) is 8. The maximum Gasteiger partial charge on any atom is 0.419 e. The van der Waals surface area contributed by atoms with E-state index in [9.17, 15) is 56.8 Å². The third-order valence-electron chi connectivity index (χ3n) is 9.06. The van der Waals surface area contributed by atoms with Gasteiger partial charge in [0.1, 0.15) is 21.6 Å². The van der Waals surface area contributed by atoms with Crippen molar-refractivity contribution in [2.24, 2.45) is 0 Å². The number of fused-ring (bicyclic) bond motifs is 2. The standard InChI is InChI=1S/C21H22F4N2O2S2.C19H15F4NO3S2/c1-4-31(28,29)27(12-14-9-10-18(22)17(11-14)21(23,24)25)20-16(13-26(2)3)15-7-5-6-8-19(15)30-20;1-2-29(26,27)24(10-12-7-8-16(20)15(9-12)19(21,22)23)18-14(11-25)13-5-3-4-6-17(13)28-18/h5-11H,4,12-13H2,1-3H3;3-9,11H,2,10H2,1H3. The first-order valence-electron chi connectivity index (χ1n) is 17.9. The lowest BCUT2D eigenvalue weighted by atomic mass is 10.1. The molecule has 6 aromatic rings. The summed E-state index contributed by atoms with van der Waals surface area (Å²) in [4.78, 5) is 13.6. The predicted molar refractivity (Wildman–Crippen MR) is 221 cm³/mol. The molecule has 0 aliphatic carbocycles. The third kappa shape index (κ3) is 10.3. The molecule has 2 aromatic heterocycles. The fourth-order valence-corrected chi connectivity index (χ4v) is 11.3. The average Bonchev–Trinajstić information content (AvgIpc) is 3.73. The van der Waals surface area contributed by atoms with Crippen molar-refractivity contribution in [3.8, 4) is 0 Å². The van der Waals surface area contributed by atoms with Crippen molar-refractivity contribution in [1.29, 1.82) is 0 Å². The maximum absolute atomic E-state index is 13.7. The highest BCUT2D eigenvalue weighted by Gasteiger charge is 2.36. The van der Waals surface area contributed by atoms with Gasteiger partial charge >= 0.3 is 12.4 Å². The molecule has 6 rings (SSSR count). The van der Waals surface area contributed by atoms with Crippen LogP contribution in [0.4, 0.5) is 45.1 Å². The lowest BCUT2D eigenvalue weighted by Crippen LogP contribution is -2.32. The highest BCUT2D eigenvalue weighted by molar-refractivity contribution is 7.93. The van der Waals surface area contributed by atoms with E-state index >= 15 is 0 Å². The summed E-state index contributed by atoms with van der Waals surface area (Å²) in [6.45, 7) is 2.53. The number of anilines is 2. The Morgan fingerprint density at radius 2 is 1.02 bits per heavy atom. The topological polar surface area (TPSA) is 95.1 Å². The number of alkyl halides is 6. The van der Waals surface area contributed by atoms with Gasteiger partial charge in [0.25, 0.3) is 0 Å². The summed E-state index contributed by atoms with van der Waals surface area (Å²) in [6.07, 6.45) is -9.26. The summed E-state index contributed by atoms with van der Waals surface area (Å²) in [5, 5.41) is 2.01. The Labute approximate surface area is 349 Å². The van der Waals surface area contributed by atoms with E-state index in [1.807, 2.05) is 43.3 Å². The van der Waals surface area contributed by atoms with Crippen molar-refractivity contribution in [3.63, 3.8) is 0 Å². The van der Waals surface area contributed by atoms with Crippen LogP contribution in [0, 0.1) is 11.6 Å². The van der Waals surface area contributed by atoms with Crippen molar-refractivity contribution in [3.05, 3.63) is 130 Å². The molecule has 0 aliphatic heterocycles. The van der Waals surface area contributed by atoms with Crippen LogP contribution in [0.3, 0.4) is 0 Å². The molecule has 0 aliphatic rings. The molecule has 60 heavy (non-hydrogen) atoms. The molecule has 0 bridgehead atoms. The van der Waals surface area contributed by atoms with Gasteiger partial charge in [-0.3, -0.25) is 13.4 Å². The van der Waals surface area contributed by atoms with Gasteiger partial charge in [0.05, 0.1) is 41.3 Å². The van der Waals surface area contributed by atoms with Gasteiger partial charge in [-0.2, -0.15) is 26.3 Å². The highest BCUT2D eigenvalue weighted by atomic mass is 32.2. The molecule has 8 nitrogen and oxygen atoms in total. The largest absolute Gasteiger partial charge is 0.419 e. The minimum atomic E-state index is -4.92. The van der Waals surface area contributed by atoms with Crippen molar-refractivity contribution in [1.82, 2.24) is 4.90 Å². The van der Waals surface area contributed by atoms with E-state index in [0.29, 0.717) is 46.1 Å². The molecular formula is C40H37F8N3O5S4. The van der Waals surface area contributed by atoms with E-state index in [4.69, 9.17) is 0 Å². The van der Waals surface area contributed by atoms with Crippen molar-refractivity contribution >= 4 is 79.2 Å². The van der Waals surface area contributed by atoms with Crippen LogP contribution in [0.2, 0.25) is 0 Å². The molecule has 0 saturated carbocycles. The second kappa shape index (κ2) is 18.2. The number of rotatable bonds is 13. The molecule has 0 unspecified atom stereocenters. The predicted octanol–water partition coefficient (Wildman–Crippen LogP) is 10.7. The Balaban J connectivity index is 0.000000228. The summed E-state index contributed by atoms with van der Waals surface area (Å²) in [5.41, 5.74) is -1.97. The molecule has 0 radical (unpaired) electrons. The lowest BCUT2D eigenvalue weighted by Gasteiger charge is -2.25. The molecule has 0 amide bonds. The number of halogens is 8. The minimum absolute atomic E-state index is 0.0509. The van der Waals surface area contributed by atoms with Gasteiger partial charge in [0.15, 0.2) is 6.29 Å². The van der Waals surface area contributed by atoms with Crippen molar-refractivity contribution in [2.45, 2.75) is 45.8 Å². The number of sulfonamides is 2. The van der Waals surface area contributed by atoms with Crippen LogP contribution in [-0.4, -0.2) is 53.6 Å². The van der Waals surface area contributed by atoms with Gasteiger partial charge < -0.3 is 4.90 Å². The van der Waals surface area contributed by atoms with Crippen LogP contribution in [0.25, 0.3) is 20.2 Å². The van der Waals surface area contributed by atoms with Gasteiger partial charge in [0, 0.05) is 26.9 Å². The zero-order valence-electron chi connectivity index (χ0n) is 32.2. The zero-order chi connectivity index (χ0) is 44.4. The Bertz CT molecular complexity index is 2730. The highest BCUT2D eigenvalue weighted by Crippen LogP contribution is 2.42. The van der Waals surface area contributed by atoms with Crippen molar-refractivity contribution in [2.75, 3.05) is 34.2 Å². The second-order valence-electron chi connectivity index (χ2n) is 13.5. The Hall–Kier alpha value is -4.63.